The second-order valence-electron chi connectivity index (χ2n) is 4.26. The Morgan fingerprint density at radius 2 is 1.90 bits per heavy atom. The Labute approximate surface area is 122 Å². The van der Waals surface area contributed by atoms with Gasteiger partial charge in [-0.15, -0.1) is 0 Å². The quantitative estimate of drug-likeness (QED) is 0.623. The summed E-state index contributed by atoms with van der Waals surface area (Å²) in [6, 6.07) is 5.46. The first-order valence-electron chi connectivity index (χ1n) is 5.78. The van der Waals surface area contributed by atoms with Gasteiger partial charge in [0.15, 0.2) is 5.78 Å². The second-order valence-corrected chi connectivity index (χ2v) is 4.67. The molecule has 0 spiro atoms. The highest BCUT2D eigenvalue weighted by molar-refractivity contribution is 6.31. The molecule has 0 saturated carbocycles. The SMILES string of the molecule is O=C(Cc1ccc(C(F)(F)F)cn1)c1ccc(F)c(Cl)c1. The highest BCUT2D eigenvalue weighted by atomic mass is 35.5. The third kappa shape index (κ3) is 3.78. The summed E-state index contributed by atoms with van der Waals surface area (Å²) in [7, 11) is 0. The number of pyridine rings is 1. The molecule has 0 saturated heterocycles. The summed E-state index contributed by atoms with van der Waals surface area (Å²) < 4.78 is 50.1. The molecule has 0 unspecified atom stereocenters. The summed E-state index contributed by atoms with van der Waals surface area (Å²) in [4.78, 5) is 15.5. The van der Waals surface area contributed by atoms with Gasteiger partial charge in [0.1, 0.15) is 5.82 Å². The summed E-state index contributed by atoms with van der Waals surface area (Å²) in [6.45, 7) is 0. The average Bonchev–Trinajstić information content (AvgIpc) is 2.41. The Balaban J connectivity index is 2.14. The predicted molar refractivity (Wildman–Crippen MR) is 68.7 cm³/mol. The first-order valence-corrected chi connectivity index (χ1v) is 6.15. The molecule has 1 aromatic carbocycles. The van der Waals surface area contributed by atoms with Crippen molar-refractivity contribution in [2.75, 3.05) is 0 Å². The maximum absolute atomic E-state index is 13.0. The van der Waals surface area contributed by atoms with Gasteiger partial charge in [0.25, 0.3) is 0 Å². The molecule has 0 aliphatic heterocycles. The molecule has 1 heterocycles. The third-order valence-corrected chi connectivity index (χ3v) is 3.02. The molecule has 1 aromatic heterocycles. The van der Waals surface area contributed by atoms with Crippen LogP contribution in [0, 0.1) is 5.82 Å². The van der Waals surface area contributed by atoms with Gasteiger partial charge in [0, 0.05) is 17.5 Å². The summed E-state index contributed by atoms with van der Waals surface area (Å²) >= 11 is 5.56. The van der Waals surface area contributed by atoms with Crippen molar-refractivity contribution in [1.29, 1.82) is 0 Å². The van der Waals surface area contributed by atoms with E-state index in [0.717, 1.165) is 18.2 Å². The zero-order valence-corrected chi connectivity index (χ0v) is 11.2. The van der Waals surface area contributed by atoms with Crippen molar-refractivity contribution in [3.63, 3.8) is 0 Å². The van der Waals surface area contributed by atoms with E-state index in [1.54, 1.807) is 0 Å². The van der Waals surface area contributed by atoms with Crippen molar-refractivity contribution in [3.05, 3.63) is 64.2 Å². The minimum Gasteiger partial charge on any atom is -0.294 e. The number of carbonyl (C=O) groups excluding carboxylic acids is 1. The lowest BCUT2D eigenvalue weighted by Crippen LogP contribution is -2.08. The van der Waals surface area contributed by atoms with Gasteiger partial charge in [-0.05, 0) is 30.3 Å². The maximum atomic E-state index is 13.0. The van der Waals surface area contributed by atoms with Crippen molar-refractivity contribution in [2.24, 2.45) is 0 Å². The van der Waals surface area contributed by atoms with Crippen LogP contribution >= 0.6 is 11.6 Å². The number of carbonyl (C=O) groups is 1. The second kappa shape index (κ2) is 5.81. The summed E-state index contributed by atoms with van der Waals surface area (Å²) in [5, 5.41) is -0.193. The van der Waals surface area contributed by atoms with Gasteiger partial charge in [-0.3, -0.25) is 9.78 Å². The first kappa shape index (κ1) is 15.4. The largest absolute Gasteiger partial charge is 0.417 e. The standard InChI is InChI=1S/C14H8ClF4NO/c15-11-5-8(1-4-12(11)16)13(21)6-10-3-2-9(7-20-10)14(17,18)19/h1-5,7H,6H2. The summed E-state index contributed by atoms with van der Waals surface area (Å²) in [5.74, 6) is -1.06. The fourth-order valence-corrected chi connectivity index (χ4v) is 1.81. The van der Waals surface area contributed by atoms with Gasteiger partial charge in [-0.2, -0.15) is 13.2 Å². The number of benzene rings is 1. The van der Waals surface area contributed by atoms with Crippen LogP contribution < -0.4 is 0 Å². The van der Waals surface area contributed by atoms with Crippen LogP contribution in [0.25, 0.3) is 0 Å². The van der Waals surface area contributed by atoms with Gasteiger partial charge in [0.2, 0.25) is 0 Å². The van der Waals surface area contributed by atoms with E-state index in [2.05, 4.69) is 4.98 Å². The molecule has 110 valence electrons. The fraction of sp³-hybridized carbons (Fsp3) is 0.143. The lowest BCUT2D eigenvalue weighted by molar-refractivity contribution is -0.137. The van der Waals surface area contributed by atoms with Crippen molar-refractivity contribution >= 4 is 17.4 Å². The Hall–Kier alpha value is -1.95. The highest BCUT2D eigenvalue weighted by Crippen LogP contribution is 2.28. The van der Waals surface area contributed by atoms with E-state index in [1.807, 2.05) is 0 Å². The van der Waals surface area contributed by atoms with Crippen LogP contribution in [-0.2, 0) is 12.6 Å². The highest BCUT2D eigenvalue weighted by Gasteiger charge is 2.30. The molecule has 21 heavy (non-hydrogen) atoms. The predicted octanol–water partition coefficient (Wildman–Crippen LogP) is 4.32. The molecule has 0 aliphatic carbocycles. The van der Waals surface area contributed by atoms with Crippen LogP contribution in [0.3, 0.4) is 0 Å². The number of ketones is 1. The minimum absolute atomic E-state index is 0.170. The lowest BCUT2D eigenvalue weighted by Gasteiger charge is -2.07. The van der Waals surface area contributed by atoms with Crippen LogP contribution in [0.2, 0.25) is 5.02 Å². The average molecular weight is 318 g/mol. The Bertz CT molecular complexity index is 668. The number of nitrogens with zero attached hydrogens (tertiary/aromatic N) is 1. The van der Waals surface area contributed by atoms with Gasteiger partial charge < -0.3 is 0 Å². The minimum atomic E-state index is -4.47. The van der Waals surface area contributed by atoms with E-state index in [-0.39, 0.29) is 22.7 Å². The molecule has 0 amide bonds. The molecule has 2 rings (SSSR count). The molecule has 2 nitrogen and oxygen atoms in total. The normalized spacial score (nSPS) is 11.5. The van der Waals surface area contributed by atoms with Crippen LogP contribution in [0.4, 0.5) is 17.6 Å². The molecule has 2 aromatic rings. The van der Waals surface area contributed by atoms with Crippen molar-refractivity contribution in [1.82, 2.24) is 4.98 Å². The molecule has 0 bridgehead atoms. The number of alkyl halides is 3. The number of hydrogen-bond donors (Lipinski definition) is 0. The molecule has 0 atom stereocenters. The number of halogens is 5. The van der Waals surface area contributed by atoms with Crippen molar-refractivity contribution < 1.29 is 22.4 Å². The molecule has 0 radical (unpaired) electrons. The van der Waals surface area contributed by atoms with Crippen LogP contribution in [0.15, 0.2) is 36.5 Å². The van der Waals surface area contributed by atoms with E-state index in [1.165, 1.54) is 12.1 Å². The monoisotopic (exact) mass is 317 g/mol. The van der Waals surface area contributed by atoms with Crippen LogP contribution in [0.5, 0.6) is 0 Å². The summed E-state index contributed by atoms with van der Waals surface area (Å²) in [5.41, 5.74) is -0.528. The van der Waals surface area contributed by atoms with E-state index >= 15 is 0 Å². The van der Waals surface area contributed by atoms with Crippen LogP contribution in [-0.4, -0.2) is 10.8 Å². The van der Waals surface area contributed by atoms with Crippen LogP contribution in [0.1, 0.15) is 21.6 Å². The molecular weight excluding hydrogens is 310 g/mol. The Kier molecular flexibility index (Phi) is 4.27. The summed E-state index contributed by atoms with van der Waals surface area (Å²) in [6.07, 6.45) is -4.00. The number of hydrogen-bond acceptors (Lipinski definition) is 2. The maximum Gasteiger partial charge on any atom is 0.417 e. The van der Waals surface area contributed by atoms with Gasteiger partial charge in [-0.25, -0.2) is 4.39 Å². The fourth-order valence-electron chi connectivity index (χ4n) is 1.63. The van der Waals surface area contributed by atoms with Gasteiger partial charge in [-0.1, -0.05) is 11.6 Å². The third-order valence-electron chi connectivity index (χ3n) is 2.74. The molecular formula is C14H8ClF4NO. The number of aromatic nitrogens is 1. The Morgan fingerprint density at radius 1 is 1.19 bits per heavy atom. The van der Waals surface area contributed by atoms with Crippen molar-refractivity contribution in [2.45, 2.75) is 12.6 Å². The van der Waals surface area contributed by atoms with Crippen molar-refractivity contribution in [3.8, 4) is 0 Å². The molecule has 0 fully saturated rings. The molecule has 0 aliphatic rings. The molecule has 0 N–H and O–H groups in total. The van der Waals surface area contributed by atoms with E-state index in [4.69, 9.17) is 11.6 Å². The van der Waals surface area contributed by atoms with E-state index in [0.29, 0.717) is 6.20 Å². The lowest BCUT2D eigenvalue weighted by atomic mass is 10.1. The van der Waals surface area contributed by atoms with E-state index in [9.17, 15) is 22.4 Å². The smallest absolute Gasteiger partial charge is 0.294 e. The number of Topliss-reactive ketones (excluding diaryl/α,β-unsaturated/α-hetero) is 1. The van der Waals surface area contributed by atoms with E-state index < -0.39 is 23.3 Å². The number of rotatable bonds is 3. The van der Waals surface area contributed by atoms with Gasteiger partial charge >= 0.3 is 6.18 Å². The zero-order valence-electron chi connectivity index (χ0n) is 10.4. The molecule has 7 heteroatoms. The first-order chi connectivity index (χ1) is 9.77. The zero-order chi connectivity index (χ0) is 15.6. The Morgan fingerprint density at radius 3 is 2.43 bits per heavy atom. The van der Waals surface area contributed by atoms with Gasteiger partial charge in [0.05, 0.1) is 17.0 Å². The topological polar surface area (TPSA) is 30.0 Å².